The number of rotatable bonds is 5. The van der Waals surface area contributed by atoms with Crippen molar-refractivity contribution in [3.05, 3.63) is 70.8 Å². The fraction of sp³-hybridized carbons (Fsp3) is 0.250. The summed E-state index contributed by atoms with van der Waals surface area (Å²) >= 11 is 0. The molecule has 0 aliphatic carbocycles. The summed E-state index contributed by atoms with van der Waals surface area (Å²) in [5.74, 6) is -1.37. The first-order chi connectivity index (χ1) is 12.6. The van der Waals surface area contributed by atoms with Gasteiger partial charge < -0.3 is 14.8 Å². The number of hydrogen-bond acceptors (Lipinski definition) is 5. The lowest BCUT2D eigenvalue weighted by Gasteiger charge is -2.25. The maximum Gasteiger partial charge on any atom is 0.339 e. The van der Waals surface area contributed by atoms with E-state index in [1.807, 2.05) is 30.3 Å². The fourth-order valence-electron chi connectivity index (χ4n) is 2.84. The van der Waals surface area contributed by atoms with Crippen LogP contribution in [0.25, 0.3) is 0 Å². The van der Waals surface area contributed by atoms with E-state index in [9.17, 15) is 14.4 Å². The van der Waals surface area contributed by atoms with Crippen LogP contribution in [0.4, 0.5) is 0 Å². The summed E-state index contributed by atoms with van der Waals surface area (Å²) < 4.78 is 10.5. The van der Waals surface area contributed by atoms with E-state index < -0.39 is 18.0 Å². The number of likely N-dealkylation sites (N-methyl/N-ethyl adjacent to an activating group) is 1. The van der Waals surface area contributed by atoms with Crippen molar-refractivity contribution in [3.63, 3.8) is 0 Å². The minimum atomic E-state index is -0.603. The van der Waals surface area contributed by atoms with Crippen LogP contribution in [0, 0.1) is 0 Å². The molecule has 0 spiro atoms. The zero-order chi connectivity index (χ0) is 18.5. The number of ether oxygens (including phenoxy) is 2. The summed E-state index contributed by atoms with van der Waals surface area (Å²) in [6.45, 7) is 1.92. The van der Waals surface area contributed by atoms with Gasteiger partial charge >= 0.3 is 11.9 Å². The van der Waals surface area contributed by atoms with E-state index in [2.05, 4.69) is 5.32 Å². The zero-order valence-electron chi connectivity index (χ0n) is 14.4. The highest BCUT2D eigenvalue weighted by Gasteiger charge is 2.28. The second-order valence-electron chi connectivity index (χ2n) is 5.91. The second-order valence-corrected chi connectivity index (χ2v) is 5.91. The largest absolute Gasteiger partial charge is 0.454 e. The van der Waals surface area contributed by atoms with Gasteiger partial charge in [0.15, 0.2) is 6.61 Å². The van der Waals surface area contributed by atoms with Crippen LogP contribution in [-0.4, -0.2) is 31.0 Å². The fourth-order valence-corrected chi connectivity index (χ4v) is 2.84. The Bertz CT molecular complexity index is 831. The molecule has 1 heterocycles. The molecule has 134 valence electrons. The molecule has 1 N–H and O–H groups in total. The smallest absolute Gasteiger partial charge is 0.339 e. The summed E-state index contributed by atoms with van der Waals surface area (Å²) in [5.41, 5.74) is 2.37. The Hall–Kier alpha value is -3.15. The predicted molar refractivity (Wildman–Crippen MR) is 93.7 cm³/mol. The normalized spacial score (nSPS) is 15.6. The number of esters is 2. The Balaban J connectivity index is 1.76. The molecule has 0 radical (unpaired) electrons. The van der Waals surface area contributed by atoms with Gasteiger partial charge in [-0.1, -0.05) is 30.3 Å². The number of benzene rings is 2. The molecular weight excluding hydrogens is 334 g/mol. The summed E-state index contributed by atoms with van der Waals surface area (Å²) in [4.78, 5) is 35.8. The Morgan fingerprint density at radius 2 is 1.96 bits per heavy atom. The predicted octanol–water partition coefficient (Wildman–Crippen LogP) is 2.43. The molecule has 1 aliphatic rings. The first kappa shape index (κ1) is 17.7. The molecule has 26 heavy (non-hydrogen) atoms. The van der Waals surface area contributed by atoms with Gasteiger partial charge in [-0.2, -0.15) is 0 Å². The number of carbonyl (C=O) groups is 3. The van der Waals surface area contributed by atoms with Crippen LogP contribution < -0.4 is 5.32 Å². The average molecular weight is 353 g/mol. The number of amides is 1. The Morgan fingerprint density at radius 3 is 2.69 bits per heavy atom. The van der Waals surface area contributed by atoms with Crippen LogP contribution >= 0.6 is 0 Å². The van der Waals surface area contributed by atoms with Gasteiger partial charge in [-0.3, -0.25) is 4.79 Å². The lowest BCUT2D eigenvalue weighted by atomic mass is 9.93. The van der Waals surface area contributed by atoms with E-state index in [1.54, 1.807) is 19.1 Å². The van der Waals surface area contributed by atoms with Gasteiger partial charge in [0, 0.05) is 13.0 Å². The van der Waals surface area contributed by atoms with Gasteiger partial charge in [0.05, 0.1) is 11.1 Å². The monoisotopic (exact) mass is 353 g/mol. The number of hydrogen-bond donors (Lipinski definition) is 1. The van der Waals surface area contributed by atoms with Crippen LogP contribution in [0.1, 0.15) is 44.9 Å². The topological polar surface area (TPSA) is 81.7 Å². The maximum absolute atomic E-state index is 12.2. The summed E-state index contributed by atoms with van der Waals surface area (Å²) in [6.07, 6.45) is 0.0838. The summed E-state index contributed by atoms with van der Waals surface area (Å²) in [5, 5.41) is 2.55. The van der Waals surface area contributed by atoms with Crippen LogP contribution in [0.5, 0.6) is 0 Å². The highest BCUT2D eigenvalue weighted by atomic mass is 16.5. The first-order valence-corrected chi connectivity index (χ1v) is 8.41. The molecule has 2 aromatic carbocycles. The average Bonchev–Trinajstić information content (AvgIpc) is 2.66. The van der Waals surface area contributed by atoms with Crippen LogP contribution in [0.15, 0.2) is 48.5 Å². The number of fused-ring (bicyclic) bond motifs is 1. The van der Waals surface area contributed by atoms with Crippen molar-refractivity contribution in [2.75, 3.05) is 13.2 Å². The van der Waals surface area contributed by atoms with Crippen molar-refractivity contribution in [3.8, 4) is 0 Å². The minimum absolute atomic E-state index is 0.301. The maximum atomic E-state index is 12.2. The summed E-state index contributed by atoms with van der Waals surface area (Å²) in [6, 6.07) is 14.1. The van der Waals surface area contributed by atoms with Crippen LogP contribution in [0.3, 0.4) is 0 Å². The van der Waals surface area contributed by atoms with Gasteiger partial charge in [0.1, 0.15) is 6.10 Å². The Kier molecular flexibility index (Phi) is 5.31. The van der Waals surface area contributed by atoms with E-state index in [0.29, 0.717) is 24.1 Å². The molecule has 1 atom stereocenters. The molecule has 0 fully saturated rings. The lowest BCUT2D eigenvalue weighted by molar-refractivity contribution is -0.124. The highest BCUT2D eigenvalue weighted by molar-refractivity contribution is 5.96. The molecule has 1 amide bonds. The molecule has 3 rings (SSSR count). The minimum Gasteiger partial charge on any atom is -0.454 e. The van der Waals surface area contributed by atoms with E-state index >= 15 is 0 Å². The van der Waals surface area contributed by atoms with Crippen molar-refractivity contribution in [2.24, 2.45) is 0 Å². The molecular formula is C20H19NO5. The van der Waals surface area contributed by atoms with Crippen molar-refractivity contribution in [1.29, 1.82) is 0 Å². The molecule has 0 saturated heterocycles. The molecule has 6 heteroatoms. The van der Waals surface area contributed by atoms with Gasteiger partial charge in [-0.25, -0.2) is 9.59 Å². The van der Waals surface area contributed by atoms with E-state index in [0.717, 1.165) is 11.1 Å². The van der Waals surface area contributed by atoms with Gasteiger partial charge in [-0.05, 0) is 36.2 Å². The van der Waals surface area contributed by atoms with Gasteiger partial charge in [-0.15, -0.1) is 0 Å². The van der Waals surface area contributed by atoms with Gasteiger partial charge in [0.25, 0.3) is 5.91 Å². The standard InChI is InChI=1S/C20H19NO5/c1-2-21-18(22)12-25-19(23)14-8-9-16-15(10-14)11-17(26-20(16)24)13-6-4-3-5-7-13/h3-10,17H,2,11-12H2,1H3,(H,21,22)/t17-/m0/s1. The van der Waals surface area contributed by atoms with Gasteiger partial charge in [0.2, 0.25) is 0 Å². The Labute approximate surface area is 151 Å². The molecule has 0 saturated carbocycles. The summed E-state index contributed by atoms with van der Waals surface area (Å²) in [7, 11) is 0. The van der Waals surface area contributed by atoms with Crippen molar-refractivity contribution in [2.45, 2.75) is 19.4 Å². The molecule has 0 bridgehead atoms. The quantitative estimate of drug-likeness (QED) is 0.835. The van der Waals surface area contributed by atoms with Crippen LogP contribution in [-0.2, 0) is 20.7 Å². The Morgan fingerprint density at radius 1 is 1.19 bits per heavy atom. The second kappa shape index (κ2) is 7.82. The third-order valence-electron chi connectivity index (χ3n) is 4.10. The number of carbonyl (C=O) groups excluding carboxylic acids is 3. The van der Waals surface area contributed by atoms with Crippen molar-refractivity contribution >= 4 is 17.8 Å². The highest BCUT2D eigenvalue weighted by Crippen LogP contribution is 2.31. The number of nitrogens with one attached hydrogen (secondary N) is 1. The lowest BCUT2D eigenvalue weighted by Crippen LogP contribution is -2.28. The number of cyclic esters (lactones) is 1. The van der Waals surface area contributed by atoms with Crippen LogP contribution in [0.2, 0.25) is 0 Å². The molecule has 1 aliphatic heterocycles. The molecule has 2 aromatic rings. The van der Waals surface area contributed by atoms with E-state index in [-0.39, 0.29) is 12.5 Å². The van der Waals surface area contributed by atoms with E-state index in [1.165, 1.54) is 6.07 Å². The molecule has 0 aromatic heterocycles. The first-order valence-electron chi connectivity index (χ1n) is 8.41. The van der Waals surface area contributed by atoms with E-state index in [4.69, 9.17) is 9.47 Å². The zero-order valence-corrected chi connectivity index (χ0v) is 14.4. The SMILES string of the molecule is CCNC(=O)COC(=O)c1ccc2c(c1)C[C@@H](c1ccccc1)OC2=O. The molecule has 6 nitrogen and oxygen atoms in total. The van der Waals surface area contributed by atoms with Crippen molar-refractivity contribution < 1.29 is 23.9 Å². The van der Waals surface area contributed by atoms with Crippen molar-refractivity contribution in [1.82, 2.24) is 5.32 Å². The molecule has 0 unspecified atom stereocenters. The third kappa shape index (κ3) is 3.91. The third-order valence-corrected chi connectivity index (χ3v) is 4.10.